The first-order valence-corrected chi connectivity index (χ1v) is 4.83. The third-order valence-corrected chi connectivity index (χ3v) is 3.46. The Balaban J connectivity index is 2.20. The van der Waals surface area contributed by atoms with Crippen LogP contribution in [0.1, 0.15) is 26.2 Å². The molecule has 4 heteroatoms. The highest BCUT2D eigenvalue weighted by Gasteiger charge is 2.69. The van der Waals surface area contributed by atoms with E-state index in [0.29, 0.717) is 12.5 Å². The maximum absolute atomic E-state index is 12.8. The Morgan fingerprint density at radius 1 is 1.46 bits per heavy atom. The second kappa shape index (κ2) is 2.62. The summed E-state index contributed by atoms with van der Waals surface area (Å²) in [6, 6.07) is 0. The number of rotatable bonds is 2. The van der Waals surface area contributed by atoms with Crippen molar-refractivity contribution in [2.75, 3.05) is 6.54 Å². The van der Waals surface area contributed by atoms with Gasteiger partial charge in [-0.2, -0.15) is 13.2 Å². The zero-order valence-corrected chi connectivity index (χ0v) is 7.62. The molecule has 0 aromatic carbocycles. The predicted octanol–water partition coefficient (Wildman–Crippen LogP) is 2.33. The van der Waals surface area contributed by atoms with Crippen molar-refractivity contribution in [2.45, 2.75) is 37.9 Å². The van der Waals surface area contributed by atoms with E-state index in [2.05, 4.69) is 5.32 Å². The van der Waals surface area contributed by atoms with Gasteiger partial charge in [0.1, 0.15) is 5.54 Å². The highest BCUT2D eigenvalue weighted by Crippen LogP contribution is 2.62. The van der Waals surface area contributed by atoms with Gasteiger partial charge in [-0.25, -0.2) is 0 Å². The molecular formula is C9H14F3N. The summed E-state index contributed by atoms with van der Waals surface area (Å²) in [5.41, 5.74) is -1.54. The first kappa shape index (κ1) is 9.31. The maximum atomic E-state index is 12.8. The molecule has 1 nitrogen and oxygen atoms in total. The van der Waals surface area contributed by atoms with Crippen LogP contribution in [-0.2, 0) is 0 Å². The van der Waals surface area contributed by atoms with Gasteiger partial charge in [0.2, 0.25) is 0 Å². The van der Waals surface area contributed by atoms with Gasteiger partial charge < -0.3 is 5.32 Å². The Bertz CT molecular complexity index is 213. The molecule has 0 aromatic heterocycles. The van der Waals surface area contributed by atoms with Crippen molar-refractivity contribution in [3.05, 3.63) is 0 Å². The van der Waals surface area contributed by atoms with Crippen molar-refractivity contribution in [1.82, 2.24) is 5.32 Å². The molecule has 2 saturated carbocycles. The minimum Gasteiger partial charge on any atom is -0.304 e. The molecule has 0 radical (unpaired) electrons. The second-order valence-electron chi connectivity index (χ2n) is 4.14. The van der Waals surface area contributed by atoms with Crippen LogP contribution in [0.25, 0.3) is 0 Å². The molecule has 76 valence electrons. The van der Waals surface area contributed by atoms with E-state index >= 15 is 0 Å². The van der Waals surface area contributed by atoms with Crippen LogP contribution < -0.4 is 5.32 Å². The van der Waals surface area contributed by atoms with Crippen LogP contribution in [0.5, 0.6) is 0 Å². The number of nitrogens with one attached hydrogen (secondary N) is 1. The van der Waals surface area contributed by atoms with Gasteiger partial charge in [0.05, 0.1) is 0 Å². The molecule has 2 fully saturated rings. The lowest BCUT2D eigenvalue weighted by atomic mass is 9.92. The fourth-order valence-corrected chi connectivity index (χ4v) is 2.76. The summed E-state index contributed by atoms with van der Waals surface area (Å²) in [4.78, 5) is 0. The predicted molar refractivity (Wildman–Crippen MR) is 43.3 cm³/mol. The lowest BCUT2D eigenvalue weighted by molar-refractivity contribution is -0.201. The molecule has 0 saturated heterocycles. The Hall–Kier alpha value is -0.250. The zero-order valence-electron chi connectivity index (χ0n) is 7.62. The normalized spacial score (nSPS) is 43.4. The number of hydrogen-bond acceptors (Lipinski definition) is 1. The van der Waals surface area contributed by atoms with E-state index in [1.807, 2.05) is 0 Å². The highest BCUT2D eigenvalue weighted by atomic mass is 19.4. The summed E-state index contributed by atoms with van der Waals surface area (Å²) in [5, 5.41) is 2.66. The summed E-state index contributed by atoms with van der Waals surface area (Å²) >= 11 is 0. The van der Waals surface area contributed by atoms with Gasteiger partial charge in [0.25, 0.3) is 0 Å². The van der Waals surface area contributed by atoms with Crippen molar-refractivity contribution in [2.24, 2.45) is 11.8 Å². The van der Waals surface area contributed by atoms with Crippen LogP contribution in [0.4, 0.5) is 13.2 Å². The summed E-state index contributed by atoms with van der Waals surface area (Å²) < 4.78 is 38.5. The van der Waals surface area contributed by atoms with Gasteiger partial charge in [-0.15, -0.1) is 0 Å². The van der Waals surface area contributed by atoms with Gasteiger partial charge in [0, 0.05) is 0 Å². The van der Waals surface area contributed by atoms with Gasteiger partial charge >= 0.3 is 6.18 Å². The highest BCUT2D eigenvalue weighted by molar-refractivity contribution is 5.15. The molecule has 0 spiro atoms. The molecule has 1 N–H and O–H groups in total. The van der Waals surface area contributed by atoms with Crippen LogP contribution in [0.15, 0.2) is 0 Å². The lowest BCUT2D eigenvalue weighted by Crippen LogP contribution is -2.57. The summed E-state index contributed by atoms with van der Waals surface area (Å²) in [7, 11) is 0. The number of halogens is 3. The SMILES string of the molecule is CCNC1(C(F)(F)F)CCC2CC21. The van der Waals surface area contributed by atoms with Crippen molar-refractivity contribution >= 4 is 0 Å². The fourth-order valence-electron chi connectivity index (χ4n) is 2.76. The van der Waals surface area contributed by atoms with E-state index in [0.717, 1.165) is 12.8 Å². The average Bonchev–Trinajstić information content (AvgIpc) is 2.69. The summed E-state index contributed by atoms with van der Waals surface area (Å²) in [5.74, 6) is 0.216. The van der Waals surface area contributed by atoms with Crippen LogP contribution in [0.2, 0.25) is 0 Å². The molecule has 3 unspecified atom stereocenters. The first-order valence-electron chi connectivity index (χ1n) is 4.83. The lowest BCUT2D eigenvalue weighted by Gasteiger charge is -2.34. The van der Waals surface area contributed by atoms with Crippen molar-refractivity contribution in [3.8, 4) is 0 Å². The molecule has 0 heterocycles. The quantitative estimate of drug-likeness (QED) is 0.709. The Labute approximate surface area is 75.7 Å². The molecule has 2 aliphatic rings. The maximum Gasteiger partial charge on any atom is 0.406 e. The van der Waals surface area contributed by atoms with Crippen molar-refractivity contribution in [1.29, 1.82) is 0 Å². The van der Waals surface area contributed by atoms with E-state index < -0.39 is 11.7 Å². The van der Waals surface area contributed by atoms with Crippen LogP contribution in [0.3, 0.4) is 0 Å². The Morgan fingerprint density at radius 2 is 2.15 bits per heavy atom. The van der Waals surface area contributed by atoms with Crippen molar-refractivity contribution < 1.29 is 13.2 Å². The molecular weight excluding hydrogens is 179 g/mol. The number of alkyl halides is 3. The summed E-state index contributed by atoms with van der Waals surface area (Å²) in [6.07, 6.45) is -2.28. The standard InChI is InChI=1S/C9H14F3N/c1-2-13-8(9(10,11)12)4-3-6-5-7(6)8/h6-7,13H,2-5H2,1H3. The average molecular weight is 193 g/mol. The van der Waals surface area contributed by atoms with Gasteiger partial charge in [-0.1, -0.05) is 6.92 Å². The van der Waals surface area contributed by atoms with E-state index in [1.165, 1.54) is 0 Å². The molecule has 13 heavy (non-hydrogen) atoms. The Kier molecular flexibility index (Phi) is 1.88. The topological polar surface area (TPSA) is 12.0 Å². The van der Waals surface area contributed by atoms with E-state index in [9.17, 15) is 13.2 Å². The second-order valence-corrected chi connectivity index (χ2v) is 4.14. The smallest absolute Gasteiger partial charge is 0.304 e. The summed E-state index contributed by atoms with van der Waals surface area (Å²) in [6.45, 7) is 2.14. The molecule has 2 aliphatic carbocycles. The third-order valence-electron chi connectivity index (χ3n) is 3.46. The number of hydrogen-bond donors (Lipinski definition) is 1. The minimum atomic E-state index is -4.07. The molecule has 2 rings (SSSR count). The molecule has 0 aliphatic heterocycles. The van der Waals surface area contributed by atoms with E-state index in [4.69, 9.17) is 0 Å². The largest absolute Gasteiger partial charge is 0.406 e. The van der Waals surface area contributed by atoms with E-state index in [-0.39, 0.29) is 12.3 Å². The Morgan fingerprint density at radius 3 is 2.46 bits per heavy atom. The number of fused-ring (bicyclic) bond motifs is 1. The third kappa shape index (κ3) is 1.18. The van der Waals surface area contributed by atoms with Crippen LogP contribution >= 0.6 is 0 Å². The molecule has 3 atom stereocenters. The van der Waals surface area contributed by atoms with Crippen LogP contribution in [0, 0.1) is 11.8 Å². The van der Waals surface area contributed by atoms with Crippen molar-refractivity contribution in [3.63, 3.8) is 0 Å². The monoisotopic (exact) mass is 193 g/mol. The minimum absolute atomic E-state index is 0.132. The molecule has 0 aromatic rings. The van der Waals surface area contributed by atoms with Gasteiger partial charge in [0.15, 0.2) is 0 Å². The van der Waals surface area contributed by atoms with Gasteiger partial charge in [-0.3, -0.25) is 0 Å². The molecule has 0 bridgehead atoms. The zero-order chi connectivity index (χ0) is 9.69. The van der Waals surface area contributed by atoms with Gasteiger partial charge in [-0.05, 0) is 37.6 Å². The molecule has 0 amide bonds. The van der Waals surface area contributed by atoms with E-state index in [1.54, 1.807) is 6.92 Å². The first-order chi connectivity index (χ1) is 6.01. The van der Waals surface area contributed by atoms with Crippen LogP contribution in [-0.4, -0.2) is 18.3 Å². The fraction of sp³-hybridized carbons (Fsp3) is 1.00.